The fraction of sp³-hybridized carbons (Fsp3) is 0.318. The third-order valence-corrected chi connectivity index (χ3v) is 3.90. The highest BCUT2D eigenvalue weighted by Crippen LogP contribution is 2.18. The van der Waals surface area contributed by atoms with Gasteiger partial charge in [0.15, 0.2) is 5.96 Å². The van der Waals surface area contributed by atoms with Gasteiger partial charge in [-0.1, -0.05) is 61.2 Å². The lowest BCUT2D eigenvalue weighted by Gasteiger charge is -2.16. The molecule has 0 saturated heterocycles. The highest BCUT2D eigenvalue weighted by Gasteiger charge is 2.07. The van der Waals surface area contributed by atoms with Gasteiger partial charge in [-0.25, -0.2) is 4.99 Å². The number of benzene rings is 2. The smallest absolute Gasteiger partial charge is 0.191 e. The van der Waals surface area contributed by atoms with Crippen LogP contribution in [0.15, 0.2) is 72.2 Å². The largest absolute Gasteiger partial charge is 0.489 e. The number of aliphatic hydroxyl groups excluding tert-OH is 1. The zero-order valence-corrected chi connectivity index (χ0v) is 15.9. The lowest BCUT2D eigenvalue weighted by molar-refractivity contribution is 0.177. The van der Waals surface area contributed by atoms with Crippen LogP contribution in [-0.2, 0) is 13.0 Å². The number of para-hydroxylation sites is 1. The summed E-state index contributed by atoms with van der Waals surface area (Å²) in [4.78, 5) is 4.61. The van der Waals surface area contributed by atoms with E-state index in [9.17, 15) is 5.11 Å². The molecule has 0 aromatic heterocycles. The first-order valence-corrected chi connectivity index (χ1v) is 9.28. The molecule has 2 aromatic carbocycles. The van der Waals surface area contributed by atoms with Crippen molar-refractivity contribution in [3.63, 3.8) is 0 Å². The van der Waals surface area contributed by atoms with E-state index in [0.717, 1.165) is 23.4 Å². The second-order valence-electron chi connectivity index (χ2n) is 6.13. The second kappa shape index (κ2) is 11.8. The molecule has 0 aliphatic rings. The molecule has 5 nitrogen and oxygen atoms in total. The number of aliphatic hydroxyl groups is 1. The average Bonchev–Trinajstić information content (AvgIpc) is 2.70. The van der Waals surface area contributed by atoms with Gasteiger partial charge in [-0.05, 0) is 18.6 Å². The van der Waals surface area contributed by atoms with E-state index in [1.807, 2.05) is 61.5 Å². The van der Waals surface area contributed by atoms with E-state index in [4.69, 9.17) is 4.74 Å². The van der Waals surface area contributed by atoms with Gasteiger partial charge in [-0.3, -0.25) is 0 Å². The number of guanidine groups is 1. The van der Waals surface area contributed by atoms with Crippen molar-refractivity contribution >= 4 is 5.96 Å². The summed E-state index contributed by atoms with van der Waals surface area (Å²) in [5, 5.41) is 16.7. The van der Waals surface area contributed by atoms with Crippen LogP contribution in [0, 0.1) is 0 Å². The molecule has 0 spiro atoms. The van der Waals surface area contributed by atoms with Crippen molar-refractivity contribution in [2.75, 3.05) is 19.7 Å². The number of hydrogen-bond acceptors (Lipinski definition) is 3. The second-order valence-corrected chi connectivity index (χ2v) is 6.13. The molecule has 0 amide bonds. The van der Waals surface area contributed by atoms with E-state index >= 15 is 0 Å². The molecule has 0 radical (unpaired) electrons. The Labute approximate surface area is 161 Å². The summed E-state index contributed by atoms with van der Waals surface area (Å²) in [6.45, 7) is 7.81. The van der Waals surface area contributed by atoms with Crippen LogP contribution in [0.2, 0.25) is 0 Å². The molecule has 1 atom stereocenters. The Morgan fingerprint density at radius 1 is 1.15 bits per heavy atom. The number of ether oxygens (including phenoxy) is 1. The first-order valence-electron chi connectivity index (χ1n) is 9.28. The fourth-order valence-corrected chi connectivity index (χ4v) is 2.60. The minimum Gasteiger partial charge on any atom is -0.489 e. The lowest BCUT2D eigenvalue weighted by Crippen LogP contribution is -2.41. The Balaban J connectivity index is 1.93. The van der Waals surface area contributed by atoms with Crippen molar-refractivity contribution in [2.45, 2.75) is 26.0 Å². The van der Waals surface area contributed by atoms with Crippen LogP contribution in [0.3, 0.4) is 0 Å². The van der Waals surface area contributed by atoms with Crippen molar-refractivity contribution in [3.8, 4) is 5.75 Å². The molecule has 27 heavy (non-hydrogen) atoms. The number of aliphatic imine (C=N–C) groups is 1. The van der Waals surface area contributed by atoms with Crippen LogP contribution >= 0.6 is 0 Å². The number of hydrogen-bond donors (Lipinski definition) is 3. The molecule has 0 fully saturated rings. The summed E-state index contributed by atoms with van der Waals surface area (Å²) in [6.07, 6.45) is 1.84. The van der Waals surface area contributed by atoms with Gasteiger partial charge in [-0.15, -0.1) is 0 Å². The third-order valence-electron chi connectivity index (χ3n) is 3.90. The molecule has 0 aliphatic carbocycles. The van der Waals surface area contributed by atoms with Crippen molar-refractivity contribution < 1.29 is 9.84 Å². The minimum atomic E-state index is -0.487. The van der Waals surface area contributed by atoms with Gasteiger partial charge in [0.25, 0.3) is 0 Å². The normalized spacial score (nSPS) is 12.3. The van der Waals surface area contributed by atoms with Gasteiger partial charge in [0.1, 0.15) is 12.4 Å². The van der Waals surface area contributed by atoms with Gasteiger partial charge in [0.05, 0.1) is 12.6 Å². The quantitative estimate of drug-likeness (QED) is 0.343. The molecule has 0 bridgehead atoms. The number of nitrogens with zero attached hydrogens (tertiary/aromatic N) is 1. The van der Waals surface area contributed by atoms with Gasteiger partial charge in [0.2, 0.25) is 0 Å². The van der Waals surface area contributed by atoms with E-state index in [0.29, 0.717) is 32.1 Å². The Kier molecular flexibility index (Phi) is 8.93. The molecule has 0 heterocycles. The van der Waals surface area contributed by atoms with Crippen LogP contribution in [0.25, 0.3) is 0 Å². The molecule has 0 aliphatic heterocycles. The Hall–Kier alpha value is -2.79. The fourth-order valence-electron chi connectivity index (χ4n) is 2.60. The highest BCUT2D eigenvalue weighted by atomic mass is 16.5. The topological polar surface area (TPSA) is 65.9 Å². The molecule has 5 heteroatoms. The van der Waals surface area contributed by atoms with Crippen LogP contribution < -0.4 is 15.4 Å². The predicted molar refractivity (Wildman–Crippen MR) is 111 cm³/mol. The summed E-state index contributed by atoms with van der Waals surface area (Å²) in [7, 11) is 0. The Morgan fingerprint density at radius 3 is 2.63 bits per heavy atom. The van der Waals surface area contributed by atoms with Gasteiger partial charge in [0, 0.05) is 25.1 Å². The van der Waals surface area contributed by atoms with Gasteiger partial charge >= 0.3 is 0 Å². The standard InChI is InChI=1S/C22H29N3O2/c1-3-14-27-21-13-9-8-12-19(21)16-24-22(23-4-2)25-17-20(26)15-18-10-6-5-7-11-18/h3,5-13,20,26H,1,4,14-17H2,2H3,(H2,23,24,25). The number of rotatable bonds is 10. The van der Waals surface area contributed by atoms with E-state index in [1.165, 1.54) is 0 Å². The van der Waals surface area contributed by atoms with E-state index in [-0.39, 0.29) is 0 Å². The van der Waals surface area contributed by atoms with Crippen LogP contribution in [0.4, 0.5) is 0 Å². The maximum absolute atomic E-state index is 10.3. The third kappa shape index (κ3) is 7.54. The zero-order chi connectivity index (χ0) is 19.3. The highest BCUT2D eigenvalue weighted by molar-refractivity contribution is 5.79. The molecular formula is C22H29N3O2. The summed E-state index contributed by atoms with van der Waals surface area (Å²) in [5.41, 5.74) is 2.11. The van der Waals surface area contributed by atoms with Crippen molar-refractivity contribution in [1.82, 2.24) is 10.6 Å². The molecule has 3 N–H and O–H groups in total. The molecule has 2 rings (SSSR count). The molecular weight excluding hydrogens is 338 g/mol. The molecule has 144 valence electrons. The van der Waals surface area contributed by atoms with Gasteiger partial charge in [-0.2, -0.15) is 0 Å². The SMILES string of the molecule is C=CCOc1ccccc1CN=C(NCC)NCC(O)Cc1ccccc1. The molecule has 2 aromatic rings. The maximum atomic E-state index is 10.3. The summed E-state index contributed by atoms with van der Waals surface area (Å²) >= 11 is 0. The summed E-state index contributed by atoms with van der Waals surface area (Å²) < 4.78 is 5.68. The molecule has 0 saturated carbocycles. The van der Waals surface area contributed by atoms with Gasteiger partial charge < -0.3 is 20.5 Å². The predicted octanol–water partition coefficient (Wildman–Crippen LogP) is 2.91. The van der Waals surface area contributed by atoms with Crippen molar-refractivity contribution in [2.24, 2.45) is 4.99 Å². The van der Waals surface area contributed by atoms with Crippen LogP contribution in [0.5, 0.6) is 5.75 Å². The zero-order valence-electron chi connectivity index (χ0n) is 15.9. The maximum Gasteiger partial charge on any atom is 0.191 e. The van der Waals surface area contributed by atoms with Crippen molar-refractivity contribution in [3.05, 3.63) is 78.4 Å². The molecule has 1 unspecified atom stereocenters. The number of nitrogens with one attached hydrogen (secondary N) is 2. The Bertz CT molecular complexity index is 717. The van der Waals surface area contributed by atoms with E-state index in [2.05, 4.69) is 22.2 Å². The Morgan fingerprint density at radius 2 is 1.89 bits per heavy atom. The first kappa shape index (κ1) is 20.5. The van der Waals surface area contributed by atoms with Crippen LogP contribution in [-0.4, -0.2) is 36.9 Å². The lowest BCUT2D eigenvalue weighted by atomic mass is 10.1. The summed E-state index contributed by atoms with van der Waals surface area (Å²) in [6, 6.07) is 17.8. The van der Waals surface area contributed by atoms with Crippen LogP contribution in [0.1, 0.15) is 18.1 Å². The average molecular weight is 367 g/mol. The monoisotopic (exact) mass is 367 g/mol. The van der Waals surface area contributed by atoms with Crippen molar-refractivity contribution in [1.29, 1.82) is 0 Å². The van der Waals surface area contributed by atoms with E-state index in [1.54, 1.807) is 6.08 Å². The first-order chi connectivity index (χ1) is 13.2. The minimum absolute atomic E-state index is 0.426. The summed E-state index contributed by atoms with van der Waals surface area (Å²) in [5.74, 6) is 1.48. The van der Waals surface area contributed by atoms with E-state index < -0.39 is 6.10 Å².